The minimum absolute atomic E-state index is 0.0169. The average molecular weight is 394 g/mol. The Labute approximate surface area is 170 Å². The largest absolute Gasteiger partial charge is 0.480 e. The fourth-order valence-corrected chi connectivity index (χ4v) is 2.70. The van der Waals surface area contributed by atoms with Crippen LogP contribution < -0.4 is 10.6 Å². The zero-order valence-electron chi connectivity index (χ0n) is 16.8. The number of carboxylic acids is 1. The number of aliphatic carboxylic acids is 1. The lowest BCUT2D eigenvalue weighted by molar-refractivity contribution is -0.141. The third-order valence-corrected chi connectivity index (χ3v) is 4.23. The molecule has 0 aliphatic rings. The molecular weight excluding hydrogens is 368 g/mol. The van der Waals surface area contributed by atoms with Crippen molar-refractivity contribution in [3.8, 4) is 0 Å². The quantitative estimate of drug-likeness (QED) is 0.598. The minimum Gasteiger partial charge on any atom is -0.480 e. The van der Waals surface area contributed by atoms with Gasteiger partial charge >= 0.3 is 5.97 Å². The number of nitrogens with one attached hydrogen (secondary N) is 2. The fraction of sp³-hybridized carbons (Fsp3) is 0.261. The molecule has 6 heteroatoms. The van der Waals surface area contributed by atoms with Gasteiger partial charge in [-0.2, -0.15) is 0 Å². The molecule has 2 aromatic rings. The van der Waals surface area contributed by atoms with Crippen molar-refractivity contribution >= 4 is 23.9 Å². The van der Waals surface area contributed by atoms with Gasteiger partial charge in [0.05, 0.1) is 0 Å². The summed E-state index contributed by atoms with van der Waals surface area (Å²) in [4.78, 5) is 36.9. The van der Waals surface area contributed by atoms with Gasteiger partial charge in [-0.15, -0.1) is 0 Å². The zero-order valence-corrected chi connectivity index (χ0v) is 16.8. The van der Waals surface area contributed by atoms with E-state index in [1.807, 2.05) is 39.0 Å². The maximum Gasteiger partial charge on any atom is 0.326 e. The second-order valence-corrected chi connectivity index (χ2v) is 7.28. The standard InChI is InChI=1S/C23H26N2O4/c1-15(2)13-20(23(28)29)25-22(27)19(14-17-7-5-4-6-8-17)24-21(26)18-11-9-16(3)10-12-18/h4-12,14-15,20H,13H2,1-3H3,(H,24,26)(H,25,27)(H,28,29)/b19-14+/t20-/m1/s1. The number of hydrogen-bond acceptors (Lipinski definition) is 3. The van der Waals surface area contributed by atoms with Crippen LogP contribution in [0.3, 0.4) is 0 Å². The summed E-state index contributed by atoms with van der Waals surface area (Å²) in [5.41, 5.74) is 2.10. The van der Waals surface area contributed by atoms with Crippen LogP contribution in [-0.2, 0) is 9.59 Å². The van der Waals surface area contributed by atoms with E-state index in [-0.39, 0.29) is 18.0 Å². The molecule has 0 heterocycles. The third kappa shape index (κ3) is 6.92. The van der Waals surface area contributed by atoms with Crippen molar-refractivity contribution in [2.45, 2.75) is 33.2 Å². The summed E-state index contributed by atoms with van der Waals surface area (Å²) in [5.74, 6) is -2.13. The number of carbonyl (C=O) groups is 3. The van der Waals surface area contributed by atoms with Gasteiger partial charge in [0.1, 0.15) is 11.7 Å². The number of amides is 2. The van der Waals surface area contributed by atoms with Gasteiger partial charge in [-0.3, -0.25) is 9.59 Å². The van der Waals surface area contributed by atoms with Gasteiger partial charge in [0.25, 0.3) is 11.8 Å². The van der Waals surface area contributed by atoms with Gasteiger partial charge in [-0.05, 0) is 43.0 Å². The van der Waals surface area contributed by atoms with Crippen LogP contribution >= 0.6 is 0 Å². The summed E-state index contributed by atoms with van der Waals surface area (Å²) in [5, 5.41) is 14.5. The van der Waals surface area contributed by atoms with Gasteiger partial charge in [-0.25, -0.2) is 4.79 Å². The van der Waals surface area contributed by atoms with Crippen molar-refractivity contribution < 1.29 is 19.5 Å². The Hall–Kier alpha value is -3.41. The van der Waals surface area contributed by atoms with Crippen LogP contribution in [0.5, 0.6) is 0 Å². The molecular formula is C23H26N2O4. The number of aryl methyl sites for hydroxylation is 1. The van der Waals surface area contributed by atoms with Crippen LogP contribution in [0.4, 0.5) is 0 Å². The van der Waals surface area contributed by atoms with Gasteiger partial charge in [-0.1, -0.05) is 61.9 Å². The van der Waals surface area contributed by atoms with E-state index in [0.717, 1.165) is 5.56 Å². The molecule has 0 aliphatic carbocycles. The number of rotatable bonds is 8. The Bertz CT molecular complexity index is 887. The maximum atomic E-state index is 12.8. The Kier molecular flexibility index (Phi) is 7.71. The zero-order chi connectivity index (χ0) is 21.4. The predicted octanol–water partition coefficient (Wildman–Crippen LogP) is 3.38. The van der Waals surface area contributed by atoms with Gasteiger partial charge < -0.3 is 15.7 Å². The van der Waals surface area contributed by atoms with E-state index < -0.39 is 23.8 Å². The van der Waals surface area contributed by atoms with Crippen LogP contribution in [-0.4, -0.2) is 28.9 Å². The Balaban J connectivity index is 2.28. The predicted molar refractivity (Wildman–Crippen MR) is 112 cm³/mol. The summed E-state index contributed by atoms with van der Waals surface area (Å²) in [7, 11) is 0. The highest BCUT2D eigenvalue weighted by molar-refractivity contribution is 6.06. The van der Waals surface area contributed by atoms with Crippen LogP contribution in [0.25, 0.3) is 6.08 Å². The highest BCUT2D eigenvalue weighted by Crippen LogP contribution is 2.10. The summed E-state index contributed by atoms with van der Waals surface area (Å²) in [6.45, 7) is 5.67. The Morgan fingerprint density at radius 1 is 1.00 bits per heavy atom. The van der Waals surface area contributed by atoms with Gasteiger partial charge in [0.2, 0.25) is 0 Å². The van der Waals surface area contributed by atoms with Crippen LogP contribution in [0, 0.1) is 12.8 Å². The lowest BCUT2D eigenvalue weighted by atomic mass is 10.0. The monoisotopic (exact) mass is 394 g/mol. The number of carbonyl (C=O) groups excluding carboxylic acids is 2. The van der Waals surface area contributed by atoms with E-state index >= 15 is 0 Å². The molecule has 6 nitrogen and oxygen atoms in total. The van der Waals surface area contributed by atoms with Crippen molar-refractivity contribution in [2.75, 3.05) is 0 Å². The van der Waals surface area contributed by atoms with Gasteiger partial charge in [0.15, 0.2) is 0 Å². The van der Waals surface area contributed by atoms with E-state index in [9.17, 15) is 19.5 Å². The van der Waals surface area contributed by atoms with E-state index in [1.165, 1.54) is 6.08 Å². The average Bonchev–Trinajstić information content (AvgIpc) is 2.67. The van der Waals surface area contributed by atoms with Crippen molar-refractivity contribution in [1.29, 1.82) is 0 Å². The fourth-order valence-electron chi connectivity index (χ4n) is 2.70. The Morgan fingerprint density at radius 2 is 1.62 bits per heavy atom. The van der Waals surface area contributed by atoms with E-state index in [2.05, 4.69) is 10.6 Å². The topological polar surface area (TPSA) is 95.5 Å². The van der Waals surface area contributed by atoms with Crippen molar-refractivity contribution in [2.24, 2.45) is 5.92 Å². The number of carboxylic acid groups (broad SMARTS) is 1. The molecule has 0 saturated carbocycles. The second-order valence-electron chi connectivity index (χ2n) is 7.28. The van der Waals surface area contributed by atoms with Crippen molar-refractivity contribution in [1.82, 2.24) is 10.6 Å². The molecule has 3 N–H and O–H groups in total. The van der Waals surface area contributed by atoms with E-state index in [0.29, 0.717) is 11.1 Å². The molecule has 2 rings (SSSR count). The van der Waals surface area contributed by atoms with Crippen LogP contribution in [0.2, 0.25) is 0 Å². The maximum absolute atomic E-state index is 12.8. The second kappa shape index (κ2) is 10.2. The molecule has 0 saturated heterocycles. The number of hydrogen-bond donors (Lipinski definition) is 3. The summed E-state index contributed by atoms with van der Waals surface area (Å²) < 4.78 is 0. The van der Waals surface area contributed by atoms with E-state index in [1.54, 1.807) is 36.4 Å². The number of benzene rings is 2. The first kappa shape index (κ1) is 21.9. The minimum atomic E-state index is -1.11. The normalized spacial score (nSPS) is 12.3. The van der Waals surface area contributed by atoms with E-state index in [4.69, 9.17) is 0 Å². The molecule has 2 aromatic carbocycles. The highest BCUT2D eigenvalue weighted by atomic mass is 16.4. The van der Waals surface area contributed by atoms with Crippen LogP contribution in [0.15, 0.2) is 60.3 Å². The molecule has 0 spiro atoms. The molecule has 0 unspecified atom stereocenters. The highest BCUT2D eigenvalue weighted by Gasteiger charge is 2.24. The smallest absolute Gasteiger partial charge is 0.326 e. The SMILES string of the molecule is Cc1ccc(C(=O)N/C(=C/c2ccccc2)C(=O)N[C@H](CC(C)C)C(=O)O)cc1. The summed E-state index contributed by atoms with van der Waals surface area (Å²) in [6, 6.07) is 14.9. The summed E-state index contributed by atoms with van der Waals surface area (Å²) in [6.07, 6.45) is 1.81. The lowest BCUT2D eigenvalue weighted by Gasteiger charge is -2.18. The first-order chi connectivity index (χ1) is 13.8. The molecule has 29 heavy (non-hydrogen) atoms. The lowest BCUT2D eigenvalue weighted by Crippen LogP contribution is -2.45. The molecule has 2 amide bonds. The third-order valence-electron chi connectivity index (χ3n) is 4.23. The molecule has 0 aromatic heterocycles. The van der Waals surface area contributed by atoms with Gasteiger partial charge in [0, 0.05) is 5.56 Å². The van der Waals surface area contributed by atoms with Crippen LogP contribution in [0.1, 0.15) is 41.8 Å². The molecule has 0 bridgehead atoms. The molecule has 0 fully saturated rings. The molecule has 1 atom stereocenters. The molecule has 152 valence electrons. The summed E-state index contributed by atoms with van der Waals surface area (Å²) >= 11 is 0. The Morgan fingerprint density at radius 3 is 2.17 bits per heavy atom. The molecule has 0 radical (unpaired) electrons. The first-order valence-electron chi connectivity index (χ1n) is 9.44. The molecule has 0 aliphatic heterocycles. The van der Waals surface area contributed by atoms with Crippen molar-refractivity contribution in [3.63, 3.8) is 0 Å². The van der Waals surface area contributed by atoms with Crippen molar-refractivity contribution in [3.05, 3.63) is 77.0 Å². The first-order valence-corrected chi connectivity index (χ1v) is 9.44.